The first-order valence-corrected chi connectivity index (χ1v) is 4.91. The molecule has 1 saturated carbocycles. The summed E-state index contributed by atoms with van der Waals surface area (Å²) in [7, 11) is 0. The van der Waals surface area contributed by atoms with Crippen LogP contribution in [-0.2, 0) is 6.61 Å². The molecule has 0 saturated heterocycles. The highest BCUT2D eigenvalue weighted by atomic mass is 16.3. The summed E-state index contributed by atoms with van der Waals surface area (Å²) in [6, 6.07) is 0.399. The number of rotatable bonds is 3. The lowest BCUT2D eigenvalue weighted by molar-refractivity contribution is 0.280. The second kappa shape index (κ2) is 3.14. The van der Waals surface area contributed by atoms with Crippen LogP contribution in [0.15, 0.2) is 6.20 Å². The van der Waals surface area contributed by atoms with Crippen LogP contribution >= 0.6 is 0 Å². The van der Waals surface area contributed by atoms with Crippen LogP contribution in [0.3, 0.4) is 0 Å². The van der Waals surface area contributed by atoms with Gasteiger partial charge in [-0.2, -0.15) is 5.10 Å². The van der Waals surface area contributed by atoms with Gasteiger partial charge >= 0.3 is 0 Å². The Balaban J connectivity index is 2.38. The van der Waals surface area contributed by atoms with E-state index >= 15 is 0 Å². The number of aromatic nitrogens is 2. The summed E-state index contributed by atoms with van der Waals surface area (Å²) in [6.07, 6.45) is 4.31. The molecule has 13 heavy (non-hydrogen) atoms. The topological polar surface area (TPSA) is 38.0 Å². The van der Waals surface area contributed by atoms with Crippen LogP contribution in [0, 0.1) is 0 Å². The molecule has 0 atom stereocenters. The van der Waals surface area contributed by atoms with Gasteiger partial charge in [0.15, 0.2) is 0 Å². The number of aliphatic hydroxyl groups excluding tert-OH is 1. The smallest absolute Gasteiger partial charge is 0.0715 e. The van der Waals surface area contributed by atoms with Gasteiger partial charge in [0, 0.05) is 23.2 Å². The van der Waals surface area contributed by atoms with Crippen molar-refractivity contribution in [3.8, 4) is 0 Å². The van der Waals surface area contributed by atoms with Crippen molar-refractivity contribution in [1.29, 1.82) is 0 Å². The minimum atomic E-state index is 0.124. The zero-order chi connectivity index (χ0) is 9.42. The van der Waals surface area contributed by atoms with E-state index in [1.165, 1.54) is 18.5 Å². The summed E-state index contributed by atoms with van der Waals surface area (Å²) in [5, 5.41) is 13.4. The van der Waals surface area contributed by atoms with Crippen molar-refractivity contribution in [3.63, 3.8) is 0 Å². The van der Waals surface area contributed by atoms with Crippen LogP contribution in [0.25, 0.3) is 0 Å². The zero-order valence-corrected chi connectivity index (χ0v) is 8.20. The molecule has 3 heteroatoms. The van der Waals surface area contributed by atoms with Crippen LogP contribution in [0.5, 0.6) is 0 Å². The van der Waals surface area contributed by atoms with Crippen molar-refractivity contribution < 1.29 is 5.11 Å². The summed E-state index contributed by atoms with van der Waals surface area (Å²) in [6.45, 7) is 4.37. The van der Waals surface area contributed by atoms with Crippen molar-refractivity contribution in [1.82, 2.24) is 9.78 Å². The van der Waals surface area contributed by atoms with E-state index in [2.05, 4.69) is 18.9 Å². The summed E-state index contributed by atoms with van der Waals surface area (Å²) >= 11 is 0. The van der Waals surface area contributed by atoms with E-state index in [0.29, 0.717) is 12.0 Å². The lowest BCUT2D eigenvalue weighted by Crippen LogP contribution is -2.07. The second-order valence-electron chi connectivity index (χ2n) is 4.03. The van der Waals surface area contributed by atoms with Gasteiger partial charge in [0.1, 0.15) is 0 Å². The number of nitrogens with zero attached hydrogens (tertiary/aromatic N) is 2. The van der Waals surface area contributed by atoms with Crippen molar-refractivity contribution >= 4 is 0 Å². The monoisotopic (exact) mass is 180 g/mol. The van der Waals surface area contributed by atoms with E-state index in [0.717, 1.165) is 5.56 Å². The van der Waals surface area contributed by atoms with E-state index in [1.54, 1.807) is 6.20 Å². The molecule has 0 radical (unpaired) electrons. The summed E-state index contributed by atoms with van der Waals surface area (Å²) in [4.78, 5) is 0. The predicted molar refractivity (Wildman–Crippen MR) is 50.5 cm³/mol. The Labute approximate surface area is 78.4 Å². The fourth-order valence-electron chi connectivity index (χ4n) is 1.75. The predicted octanol–water partition coefficient (Wildman–Crippen LogP) is 1.83. The average molecular weight is 180 g/mol. The largest absolute Gasteiger partial charge is 0.392 e. The highest BCUT2D eigenvalue weighted by Gasteiger charge is 2.30. The van der Waals surface area contributed by atoms with E-state index in [4.69, 9.17) is 5.11 Å². The SMILES string of the molecule is CC(C)n1ncc(CO)c1C1CC1. The fraction of sp³-hybridized carbons (Fsp3) is 0.700. The number of hydrogen-bond donors (Lipinski definition) is 1. The van der Waals surface area contributed by atoms with Crippen LogP contribution in [0.2, 0.25) is 0 Å². The Morgan fingerprint density at radius 2 is 2.31 bits per heavy atom. The Kier molecular flexibility index (Phi) is 2.12. The van der Waals surface area contributed by atoms with Crippen LogP contribution in [-0.4, -0.2) is 14.9 Å². The highest BCUT2D eigenvalue weighted by Crippen LogP contribution is 2.42. The second-order valence-corrected chi connectivity index (χ2v) is 4.03. The molecule has 72 valence electrons. The third kappa shape index (κ3) is 1.48. The summed E-state index contributed by atoms with van der Waals surface area (Å²) in [5.74, 6) is 0.659. The molecule has 2 rings (SSSR count). The highest BCUT2D eigenvalue weighted by molar-refractivity contribution is 5.25. The average Bonchev–Trinajstić information content (AvgIpc) is 2.84. The first-order valence-electron chi connectivity index (χ1n) is 4.91. The standard InChI is InChI=1S/C10H16N2O/c1-7(2)12-10(8-3-4-8)9(6-13)5-11-12/h5,7-8,13H,3-4,6H2,1-2H3. The molecule has 0 amide bonds. The lowest BCUT2D eigenvalue weighted by Gasteiger charge is -2.11. The Morgan fingerprint density at radius 3 is 2.77 bits per heavy atom. The molecule has 1 aliphatic carbocycles. The first-order chi connectivity index (χ1) is 6.24. The molecule has 3 nitrogen and oxygen atoms in total. The van der Waals surface area contributed by atoms with Gasteiger partial charge < -0.3 is 5.11 Å². The van der Waals surface area contributed by atoms with E-state index in [1.807, 2.05) is 4.68 Å². The maximum Gasteiger partial charge on any atom is 0.0715 e. The van der Waals surface area contributed by atoms with Crippen molar-refractivity contribution in [2.75, 3.05) is 0 Å². The molecule has 0 aromatic carbocycles. The molecule has 0 spiro atoms. The quantitative estimate of drug-likeness (QED) is 0.770. The molecule has 0 bridgehead atoms. The van der Waals surface area contributed by atoms with Crippen molar-refractivity contribution in [3.05, 3.63) is 17.5 Å². The lowest BCUT2D eigenvalue weighted by atomic mass is 10.2. The van der Waals surface area contributed by atoms with Gasteiger partial charge in [-0.05, 0) is 26.7 Å². The van der Waals surface area contributed by atoms with Gasteiger partial charge in [0.05, 0.1) is 12.8 Å². The maximum absolute atomic E-state index is 9.14. The Hall–Kier alpha value is -0.830. The molecule has 1 N–H and O–H groups in total. The fourth-order valence-corrected chi connectivity index (χ4v) is 1.75. The molecule has 1 fully saturated rings. The normalized spacial score (nSPS) is 16.9. The Morgan fingerprint density at radius 1 is 1.62 bits per heavy atom. The van der Waals surface area contributed by atoms with Gasteiger partial charge in [0.25, 0.3) is 0 Å². The van der Waals surface area contributed by atoms with Gasteiger partial charge in [-0.1, -0.05) is 0 Å². The molecule has 1 heterocycles. The third-order valence-corrected chi connectivity index (χ3v) is 2.54. The number of aliphatic hydroxyl groups is 1. The van der Waals surface area contributed by atoms with Gasteiger partial charge in [-0.15, -0.1) is 0 Å². The van der Waals surface area contributed by atoms with Crippen LogP contribution in [0.4, 0.5) is 0 Å². The molecule has 0 aliphatic heterocycles. The molecular formula is C10H16N2O. The van der Waals surface area contributed by atoms with Gasteiger partial charge in [0.2, 0.25) is 0 Å². The molecule has 1 aromatic heterocycles. The molecule has 1 aliphatic rings. The van der Waals surface area contributed by atoms with Gasteiger partial charge in [-0.3, -0.25) is 4.68 Å². The third-order valence-electron chi connectivity index (χ3n) is 2.54. The van der Waals surface area contributed by atoms with Gasteiger partial charge in [-0.25, -0.2) is 0 Å². The van der Waals surface area contributed by atoms with Crippen molar-refractivity contribution in [2.24, 2.45) is 0 Å². The van der Waals surface area contributed by atoms with E-state index in [-0.39, 0.29) is 6.61 Å². The van der Waals surface area contributed by atoms with E-state index in [9.17, 15) is 0 Å². The van der Waals surface area contributed by atoms with Crippen molar-refractivity contribution in [2.45, 2.75) is 45.3 Å². The maximum atomic E-state index is 9.14. The van der Waals surface area contributed by atoms with Crippen LogP contribution in [0.1, 0.15) is 49.9 Å². The molecule has 1 aromatic rings. The number of hydrogen-bond acceptors (Lipinski definition) is 2. The summed E-state index contributed by atoms with van der Waals surface area (Å²) in [5.41, 5.74) is 2.27. The van der Waals surface area contributed by atoms with E-state index < -0.39 is 0 Å². The van der Waals surface area contributed by atoms with Crippen LogP contribution < -0.4 is 0 Å². The molecule has 0 unspecified atom stereocenters. The minimum absolute atomic E-state index is 0.124. The first kappa shape index (κ1) is 8.75. The minimum Gasteiger partial charge on any atom is -0.392 e. The Bertz CT molecular complexity index is 300. The summed E-state index contributed by atoms with van der Waals surface area (Å²) < 4.78 is 2.04. The molecular weight excluding hydrogens is 164 g/mol. The zero-order valence-electron chi connectivity index (χ0n) is 8.20.